The summed E-state index contributed by atoms with van der Waals surface area (Å²) in [6.07, 6.45) is 0.689. The summed E-state index contributed by atoms with van der Waals surface area (Å²) in [6, 6.07) is 0. The molecule has 0 aromatic rings. The number of carboxylic acids is 1. The third kappa shape index (κ3) is 5.08. The second kappa shape index (κ2) is 4.78. The highest BCUT2D eigenvalue weighted by atomic mass is 16.4. The summed E-state index contributed by atoms with van der Waals surface area (Å²) in [5.41, 5.74) is 0. The molecule has 0 aliphatic rings. The van der Waals surface area contributed by atoms with Gasteiger partial charge < -0.3 is 10.4 Å². The number of carbonyl (C=O) groups is 2. The van der Waals surface area contributed by atoms with Gasteiger partial charge >= 0.3 is 5.97 Å². The van der Waals surface area contributed by atoms with Crippen LogP contribution in [0.5, 0.6) is 0 Å². The Kier molecular flexibility index (Phi) is 2.73. The monoisotopic (exact) mass is 147 g/mol. The smallest absolute Gasteiger partial charge is 0.322 e. The number of aliphatic carboxylic acids is 1. The van der Waals surface area contributed by atoms with Gasteiger partial charge in [-0.15, -0.1) is 0 Å². The van der Waals surface area contributed by atoms with E-state index in [1.165, 1.54) is 0 Å². The summed E-state index contributed by atoms with van der Waals surface area (Å²) < 4.78 is 13.6. The highest BCUT2D eigenvalue weighted by Gasteiger charge is 2.00. The maximum Gasteiger partial charge on any atom is 0.322 e. The fraction of sp³-hybridized carbons (Fsp3) is 0.667. The van der Waals surface area contributed by atoms with E-state index >= 15 is 0 Å². The van der Waals surface area contributed by atoms with Crippen LogP contribution in [-0.4, -0.2) is 23.5 Å². The van der Waals surface area contributed by atoms with Crippen LogP contribution in [0.3, 0.4) is 0 Å². The summed E-state index contributed by atoms with van der Waals surface area (Å²) in [6.45, 7) is -0.915. The fourth-order valence-corrected chi connectivity index (χ4v) is 0.413. The van der Waals surface area contributed by atoms with Gasteiger partial charge in [-0.1, -0.05) is 6.92 Å². The molecule has 0 radical (unpaired) electrons. The third-order valence-corrected chi connectivity index (χ3v) is 0.786. The van der Waals surface area contributed by atoms with Crippen LogP contribution in [0, 0.1) is 0 Å². The lowest BCUT2D eigenvalue weighted by Crippen LogP contribution is -2.28. The van der Waals surface area contributed by atoms with Crippen LogP contribution in [0.15, 0.2) is 0 Å². The lowest BCUT2D eigenvalue weighted by atomic mass is 10.3. The summed E-state index contributed by atoms with van der Waals surface area (Å²) >= 11 is 0. The first-order chi connectivity index (χ1) is 5.40. The molecular formula is C6H11NO3. The summed E-state index contributed by atoms with van der Waals surface area (Å²) in [5.74, 6) is -2.28. The van der Waals surface area contributed by atoms with Gasteiger partial charge in [0, 0.05) is 6.42 Å². The predicted octanol–water partition coefficient (Wildman–Crippen LogP) is -0.0127. The highest BCUT2D eigenvalue weighted by molar-refractivity contribution is 5.80. The molecular weight excluding hydrogens is 134 g/mol. The van der Waals surface area contributed by atoms with E-state index in [1.807, 2.05) is 0 Å². The number of amides is 1. The first kappa shape index (κ1) is 5.70. The SMILES string of the molecule is [2H]C([2H])(NC(=O)CCC)C(=O)O. The van der Waals surface area contributed by atoms with E-state index in [0.717, 1.165) is 0 Å². The lowest BCUT2D eigenvalue weighted by molar-refractivity contribution is -0.137. The Morgan fingerprint density at radius 2 is 2.30 bits per heavy atom. The average molecular weight is 147 g/mol. The maximum atomic E-state index is 10.7. The molecule has 0 saturated heterocycles. The van der Waals surface area contributed by atoms with Crippen molar-refractivity contribution in [2.75, 3.05) is 6.50 Å². The summed E-state index contributed by atoms with van der Waals surface area (Å²) in [7, 11) is 0. The molecule has 10 heavy (non-hydrogen) atoms. The molecule has 0 heterocycles. The molecule has 0 unspecified atom stereocenters. The number of hydrogen-bond donors (Lipinski definition) is 2. The molecule has 0 atom stereocenters. The Morgan fingerprint density at radius 1 is 1.70 bits per heavy atom. The van der Waals surface area contributed by atoms with Crippen molar-refractivity contribution in [3.63, 3.8) is 0 Å². The van der Waals surface area contributed by atoms with Crippen molar-refractivity contribution in [2.24, 2.45) is 0 Å². The van der Waals surface area contributed by atoms with Gasteiger partial charge in [0.25, 0.3) is 0 Å². The van der Waals surface area contributed by atoms with E-state index in [2.05, 4.69) is 0 Å². The molecule has 58 valence electrons. The third-order valence-electron chi connectivity index (χ3n) is 0.786. The standard InChI is InChI=1S/C6H11NO3/c1-2-3-5(8)7-4-6(9)10/h2-4H2,1H3,(H,7,8)(H,9,10)/i4D2. The predicted molar refractivity (Wildman–Crippen MR) is 35.6 cm³/mol. The second-order valence-corrected chi connectivity index (χ2v) is 1.73. The normalized spacial score (nSPS) is 13.3. The molecule has 0 aromatic heterocycles. The number of nitrogens with one attached hydrogen (secondary N) is 1. The Bertz CT molecular complexity index is 193. The van der Waals surface area contributed by atoms with Crippen LogP contribution < -0.4 is 5.32 Å². The fourth-order valence-electron chi connectivity index (χ4n) is 0.413. The van der Waals surface area contributed by atoms with Crippen molar-refractivity contribution in [3.8, 4) is 0 Å². The van der Waals surface area contributed by atoms with Crippen LogP contribution in [0.1, 0.15) is 22.5 Å². The lowest BCUT2D eigenvalue weighted by Gasteiger charge is -1.97. The van der Waals surface area contributed by atoms with Crippen molar-refractivity contribution in [2.45, 2.75) is 19.8 Å². The van der Waals surface area contributed by atoms with E-state index in [1.54, 1.807) is 12.2 Å². The first-order valence-electron chi connectivity index (χ1n) is 3.94. The van der Waals surface area contributed by atoms with Gasteiger partial charge in [-0.3, -0.25) is 9.59 Å². The van der Waals surface area contributed by atoms with E-state index < -0.39 is 18.4 Å². The molecule has 0 rings (SSSR count). The van der Waals surface area contributed by atoms with Crippen LogP contribution in [0.25, 0.3) is 0 Å². The van der Waals surface area contributed by atoms with Gasteiger partial charge in [-0.05, 0) is 6.42 Å². The molecule has 0 aromatic carbocycles. The van der Waals surface area contributed by atoms with Crippen molar-refractivity contribution < 1.29 is 17.4 Å². The molecule has 0 aliphatic heterocycles. The molecule has 0 spiro atoms. The molecule has 0 fully saturated rings. The zero-order valence-electron chi connectivity index (χ0n) is 7.68. The van der Waals surface area contributed by atoms with Crippen molar-refractivity contribution >= 4 is 11.9 Å². The van der Waals surface area contributed by atoms with Gasteiger partial charge in [-0.25, -0.2) is 0 Å². The number of hydrogen-bond acceptors (Lipinski definition) is 2. The zero-order valence-corrected chi connectivity index (χ0v) is 5.68. The van der Waals surface area contributed by atoms with Crippen LogP contribution in [-0.2, 0) is 9.59 Å². The van der Waals surface area contributed by atoms with E-state index in [9.17, 15) is 9.59 Å². The van der Waals surface area contributed by atoms with Crippen molar-refractivity contribution in [1.82, 2.24) is 5.32 Å². The number of carboxylic acid groups (broad SMARTS) is 1. The van der Waals surface area contributed by atoms with E-state index in [0.29, 0.717) is 6.42 Å². The van der Waals surface area contributed by atoms with Gasteiger partial charge in [0.2, 0.25) is 5.91 Å². The minimum absolute atomic E-state index is 0.132. The Balaban J connectivity index is 4.06. The zero-order chi connectivity index (χ0) is 9.78. The highest BCUT2D eigenvalue weighted by Crippen LogP contribution is 1.83. The van der Waals surface area contributed by atoms with Gasteiger partial charge in [0.15, 0.2) is 0 Å². The summed E-state index contributed by atoms with van der Waals surface area (Å²) in [5, 5.41) is 10.0. The Hall–Kier alpha value is -1.06. The quantitative estimate of drug-likeness (QED) is 0.587. The molecule has 1 amide bonds. The van der Waals surface area contributed by atoms with Gasteiger partial charge in [0.05, 0.1) is 2.74 Å². The largest absolute Gasteiger partial charge is 0.480 e. The van der Waals surface area contributed by atoms with Crippen LogP contribution in [0.2, 0.25) is 0 Å². The van der Waals surface area contributed by atoms with Gasteiger partial charge in [0.1, 0.15) is 6.50 Å². The van der Waals surface area contributed by atoms with Crippen molar-refractivity contribution in [3.05, 3.63) is 0 Å². The Morgan fingerprint density at radius 3 is 2.70 bits per heavy atom. The molecule has 4 nitrogen and oxygen atoms in total. The van der Waals surface area contributed by atoms with E-state index in [-0.39, 0.29) is 6.42 Å². The molecule has 0 saturated carbocycles. The maximum absolute atomic E-state index is 10.7. The van der Waals surface area contributed by atoms with Gasteiger partial charge in [-0.2, -0.15) is 0 Å². The van der Waals surface area contributed by atoms with Crippen molar-refractivity contribution in [1.29, 1.82) is 0 Å². The van der Waals surface area contributed by atoms with Crippen LogP contribution >= 0.6 is 0 Å². The minimum Gasteiger partial charge on any atom is -0.480 e. The summed E-state index contributed by atoms with van der Waals surface area (Å²) in [4.78, 5) is 20.9. The second-order valence-electron chi connectivity index (χ2n) is 1.73. The molecule has 0 bridgehead atoms. The molecule has 4 heteroatoms. The van der Waals surface area contributed by atoms with E-state index in [4.69, 9.17) is 7.85 Å². The molecule has 2 N–H and O–H groups in total. The Labute approximate surface area is 62.0 Å². The minimum atomic E-state index is -2.66. The topological polar surface area (TPSA) is 66.4 Å². The number of rotatable bonds is 4. The molecule has 0 aliphatic carbocycles. The average Bonchev–Trinajstić information content (AvgIpc) is 1.85. The first-order valence-corrected chi connectivity index (χ1v) is 2.94. The number of carbonyl (C=O) groups excluding carboxylic acids is 1. The van der Waals surface area contributed by atoms with Crippen LogP contribution in [0.4, 0.5) is 0 Å².